The topological polar surface area (TPSA) is 92.1 Å². The molecular formula is C16H14N4O3S2. The van der Waals surface area contributed by atoms with Crippen LogP contribution in [0.5, 0.6) is 0 Å². The van der Waals surface area contributed by atoms with E-state index in [0.717, 1.165) is 22.0 Å². The number of hydrogen-bond acceptors (Lipinski definition) is 7. The lowest BCUT2D eigenvalue weighted by Crippen LogP contribution is -2.35. The second-order valence-electron chi connectivity index (χ2n) is 5.77. The SMILES string of the molecule is O=c1[nH]c(-c2cccs2)nc2c1CN(Cc1ccc([N+](=O)[O-])s1)CC2. The number of nitrogens with zero attached hydrogens (tertiary/aromatic N) is 3. The van der Waals surface area contributed by atoms with E-state index in [9.17, 15) is 14.9 Å². The summed E-state index contributed by atoms with van der Waals surface area (Å²) in [5, 5.41) is 12.9. The van der Waals surface area contributed by atoms with Gasteiger partial charge in [0.1, 0.15) is 0 Å². The highest BCUT2D eigenvalue weighted by atomic mass is 32.1. The van der Waals surface area contributed by atoms with Crippen molar-refractivity contribution >= 4 is 27.7 Å². The molecule has 9 heteroatoms. The van der Waals surface area contributed by atoms with Gasteiger partial charge in [-0.3, -0.25) is 19.8 Å². The van der Waals surface area contributed by atoms with Gasteiger partial charge < -0.3 is 4.98 Å². The minimum absolute atomic E-state index is 0.102. The minimum atomic E-state index is -0.375. The summed E-state index contributed by atoms with van der Waals surface area (Å²) in [6, 6.07) is 7.18. The normalized spacial score (nSPS) is 14.4. The molecule has 3 aromatic rings. The van der Waals surface area contributed by atoms with Crippen molar-refractivity contribution in [1.29, 1.82) is 0 Å². The molecule has 7 nitrogen and oxygen atoms in total. The van der Waals surface area contributed by atoms with Crippen molar-refractivity contribution in [3.63, 3.8) is 0 Å². The molecule has 0 bridgehead atoms. The fourth-order valence-corrected chi connectivity index (χ4v) is 4.45. The van der Waals surface area contributed by atoms with Crippen LogP contribution in [0.2, 0.25) is 0 Å². The summed E-state index contributed by atoms with van der Waals surface area (Å²) in [6.45, 7) is 1.89. The molecule has 0 saturated carbocycles. The molecule has 1 N–H and O–H groups in total. The molecule has 0 atom stereocenters. The lowest BCUT2D eigenvalue weighted by molar-refractivity contribution is -0.380. The maximum Gasteiger partial charge on any atom is 0.324 e. The van der Waals surface area contributed by atoms with E-state index in [0.29, 0.717) is 30.9 Å². The monoisotopic (exact) mass is 374 g/mol. The van der Waals surface area contributed by atoms with Crippen LogP contribution >= 0.6 is 22.7 Å². The molecular weight excluding hydrogens is 360 g/mol. The first-order chi connectivity index (χ1) is 12.1. The second-order valence-corrected chi connectivity index (χ2v) is 7.87. The summed E-state index contributed by atoms with van der Waals surface area (Å²) in [5.41, 5.74) is 1.44. The molecule has 0 saturated heterocycles. The van der Waals surface area contributed by atoms with Crippen LogP contribution in [0.25, 0.3) is 10.7 Å². The third-order valence-electron chi connectivity index (χ3n) is 4.11. The summed E-state index contributed by atoms with van der Waals surface area (Å²) >= 11 is 2.73. The molecule has 0 aliphatic carbocycles. The zero-order valence-corrected chi connectivity index (χ0v) is 14.7. The van der Waals surface area contributed by atoms with Gasteiger partial charge in [0.05, 0.1) is 21.1 Å². The second kappa shape index (κ2) is 6.51. The van der Waals surface area contributed by atoms with Crippen LogP contribution in [-0.4, -0.2) is 26.3 Å². The maximum absolute atomic E-state index is 12.5. The summed E-state index contributed by atoms with van der Waals surface area (Å²) in [6.07, 6.45) is 0.700. The third kappa shape index (κ3) is 3.26. The predicted molar refractivity (Wildman–Crippen MR) is 97.0 cm³/mol. The van der Waals surface area contributed by atoms with Crippen molar-refractivity contribution in [2.45, 2.75) is 19.5 Å². The Labute approximate surface area is 150 Å². The van der Waals surface area contributed by atoms with E-state index < -0.39 is 0 Å². The number of rotatable bonds is 4. The van der Waals surface area contributed by atoms with Crippen molar-refractivity contribution in [2.24, 2.45) is 0 Å². The maximum atomic E-state index is 12.5. The standard InChI is InChI=1S/C16H14N4O3S2/c21-16-11-9-19(8-10-3-4-14(25-10)20(22)23)6-5-12(11)17-15(18-16)13-2-1-7-24-13/h1-4,7H,5-6,8-9H2,(H,17,18,21). The van der Waals surface area contributed by atoms with Crippen LogP contribution in [0.4, 0.5) is 5.00 Å². The molecule has 3 aromatic heterocycles. The van der Waals surface area contributed by atoms with Crippen molar-refractivity contribution in [2.75, 3.05) is 6.54 Å². The van der Waals surface area contributed by atoms with Crippen molar-refractivity contribution in [3.05, 3.63) is 66.2 Å². The highest BCUT2D eigenvalue weighted by Gasteiger charge is 2.22. The molecule has 25 heavy (non-hydrogen) atoms. The number of H-pyrrole nitrogens is 1. The summed E-state index contributed by atoms with van der Waals surface area (Å²) < 4.78 is 0. The number of aromatic amines is 1. The first-order valence-electron chi connectivity index (χ1n) is 7.71. The Bertz CT molecular complexity index is 978. The van der Waals surface area contributed by atoms with Crippen LogP contribution < -0.4 is 5.56 Å². The van der Waals surface area contributed by atoms with Gasteiger partial charge in [0.15, 0.2) is 5.82 Å². The Morgan fingerprint density at radius 2 is 2.24 bits per heavy atom. The van der Waals surface area contributed by atoms with Gasteiger partial charge in [0.25, 0.3) is 5.56 Å². The molecule has 1 aliphatic rings. The molecule has 0 aromatic carbocycles. The van der Waals surface area contributed by atoms with Crippen LogP contribution in [0, 0.1) is 10.1 Å². The van der Waals surface area contributed by atoms with Gasteiger partial charge >= 0.3 is 5.00 Å². The lowest BCUT2D eigenvalue weighted by Gasteiger charge is -2.27. The number of hydrogen-bond donors (Lipinski definition) is 1. The molecule has 0 radical (unpaired) electrons. The van der Waals surface area contributed by atoms with Gasteiger partial charge in [-0.15, -0.1) is 11.3 Å². The van der Waals surface area contributed by atoms with Crippen molar-refractivity contribution < 1.29 is 4.92 Å². The largest absolute Gasteiger partial charge is 0.324 e. The smallest absolute Gasteiger partial charge is 0.306 e. The van der Waals surface area contributed by atoms with Crippen LogP contribution in [0.1, 0.15) is 16.1 Å². The molecule has 0 unspecified atom stereocenters. The minimum Gasteiger partial charge on any atom is -0.306 e. The fourth-order valence-electron chi connectivity index (χ4n) is 2.92. The van der Waals surface area contributed by atoms with Gasteiger partial charge in [0.2, 0.25) is 0 Å². The zero-order valence-electron chi connectivity index (χ0n) is 13.1. The lowest BCUT2D eigenvalue weighted by atomic mass is 10.1. The van der Waals surface area contributed by atoms with Crippen LogP contribution in [0.15, 0.2) is 34.4 Å². The first kappa shape index (κ1) is 16.1. The Balaban J connectivity index is 1.55. The molecule has 0 amide bonds. The van der Waals surface area contributed by atoms with Gasteiger partial charge in [-0.05, 0) is 17.5 Å². The van der Waals surface area contributed by atoms with Gasteiger partial charge in [-0.1, -0.05) is 17.4 Å². The third-order valence-corrected chi connectivity index (χ3v) is 6.01. The van der Waals surface area contributed by atoms with E-state index in [-0.39, 0.29) is 15.5 Å². The highest BCUT2D eigenvalue weighted by molar-refractivity contribution is 7.15. The first-order valence-corrected chi connectivity index (χ1v) is 9.41. The van der Waals surface area contributed by atoms with E-state index in [2.05, 4.69) is 14.9 Å². The van der Waals surface area contributed by atoms with Gasteiger partial charge in [-0.2, -0.15) is 0 Å². The van der Waals surface area contributed by atoms with E-state index in [1.807, 2.05) is 17.5 Å². The van der Waals surface area contributed by atoms with Crippen molar-refractivity contribution in [3.8, 4) is 10.7 Å². The molecule has 1 aliphatic heterocycles. The van der Waals surface area contributed by atoms with Gasteiger partial charge in [-0.25, -0.2) is 4.98 Å². The number of thiophene rings is 2. The molecule has 0 fully saturated rings. The number of aromatic nitrogens is 2. The Morgan fingerprint density at radius 3 is 2.96 bits per heavy atom. The quantitative estimate of drug-likeness (QED) is 0.560. The summed E-state index contributed by atoms with van der Waals surface area (Å²) in [5.74, 6) is 0.626. The zero-order chi connectivity index (χ0) is 17.4. The molecule has 128 valence electrons. The summed E-state index contributed by atoms with van der Waals surface area (Å²) in [4.78, 5) is 34.4. The average molecular weight is 374 g/mol. The summed E-state index contributed by atoms with van der Waals surface area (Å²) in [7, 11) is 0. The predicted octanol–water partition coefficient (Wildman–Crippen LogP) is 3.03. The fraction of sp³-hybridized carbons (Fsp3) is 0.250. The Morgan fingerprint density at radius 1 is 1.36 bits per heavy atom. The molecule has 0 spiro atoms. The number of nitrogens with one attached hydrogen (secondary N) is 1. The van der Waals surface area contributed by atoms with Crippen molar-refractivity contribution in [1.82, 2.24) is 14.9 Å². The van der Waals surface area contributed by atoms with Gasteiger partial charge in [0, 0.05) is 37.0 Å². The molecule has 4 heterocycles. The molecule has 4 rings (SSSR count). The Kier molecular flexibility index (Phi) is 4.20. The van der Waals surface area contributed by atoms with Crippen LogP contribution in [-0.2, 0) is 19.5 Å². The Hall–Kier alpha value is -2.36. The number of fused-ring (bicyclic) bond motifs is 1. The van der Waals surface area contributed by atoms with Crippen LogP contribution in [0.3, 0.4) is 0 Å². The van der Waals surface area contributed by atoms with E-state index in [1.165, 1.54) is 17.4 Å². The van der Waals surface area contributed by atoms with E-state index >= 15 is 0 Å². The van der Waals surface area contributed by atoms with E-state index in [1.54, 1.807) is 17.4 Å². The number of nitro groups is 1. The average Bonchev–Trinajstić information content (AvgIpc) is 3.27. The highest BCUT2D eigenvalue weighted by Crippen LogP contribution is 2.27. The van der Waals surface area contributed by atoms with E-state index in [4.69, 9.17) is 0 Å².